The van der Waals surface area contributed by atoms with Crippen LogP contribution in [0, 0.1) is 0 Å². The third kappa shape index (κ3) is 6.51. The molecule has 0 heterocycles. The fourth-order valence-corrected chi connectivity index (χ4v) is 3.07. The molecule has 0 fully saturated rings. The summed E-state index contributed by atoms with van der Waals surface area (Å²) in [5.74, 6) is -0.295. The molecule has 0 unspecified atom stereocenters. The summed E-state index contributed by atoms with van der Waals surface area (Å²) in [6.45, 7) is 1.22. The maximum atomic E-state index is 12.6. The number of hydrogen-bond acceptors (Lipinski definition) is 8. The molecule has 10 nitrogen and oxygen atoms in total. The molecule has 0 atom stereocenters. The molecule has 2 aromatic carbocycles. The first-order valence-electron chi connectivity index (χ1n) is 9.10. The highest BCUT2D eigenvalue weighted by Crippen LogP contribution is 2.31. The number of amides is 1. The van der Waals surface area contributed by atoms with Gasteiger partial charge in [-0.15, -0.1) is 0 Å². The lowest BCUT2D eigenvalue weighted by Crippen LogP contribution is -2.16. The van der Waals surface area contributed by atoms with Gasteiger partial charge in [0.15, 0.2) is 18.1 Å². The van der Waals surface area contributed by atoms with Crippen molar-refractivity contribution in [1.29, 1.82) is 0 Å². The van der Waals surface area contributed by atoms with Crippen molar-refractivity contribution in [2.24, 2.45) is 0 Å². The van der Waals surface area contributed by atoms with Gasteiger partial charge in [-0.3, -0.25) is 9.52 Å². The largest absolute Gasteiger partial charge is 0.494 e. The number of carbonyl (C=O) groups excluding carboxylic acids is 2. The molecular weight excluding hydrogens is 428 g/mol. The standard InChI is InChI=1S/C20H24N2O8S/c1-5-31(25,26)22-15-8-7-14(11-17(15)27-2)21-20(24)13-6-9-16(18(10-13)28-3)30-12-19(23)29-4/h6-11,22H,5,12H2,1-4H3,(H,21,24). The topological polar surface area (TPSA) is 129 Å². The van der Waals surface area contributed by atoms with Crippen LogP contribution in [0.4, 0.5) is 11.4 Å². The number of esters is 1. The third-order valence-electron chi connectivity index (χ3n) is 4.10. The number of hydrogen-bond donors (Lipinski definition) is 2. The summed E-state index contributed by atoms with van der Waals surface area (Å²) in [7, 11) is 0.564. The van der Waals surface area contributed by atoms with Gasteiger partial charge in [-0.1, -0.05) is 0 Å². The van der Waals surface area contributed by atoms with Crippen LogP contribution in [0.25, 0.3) is 0 Å². The molecule has 2 rings (SSSR count). The van der Waals surface area contributed by atoms with Crippen LogP contribution < -0.4 is 24.2 Å². The molecule has 0 aromatic heterocycles. The van der Waals surface area contributed by atoms with Crippen LogP contribution >= 0.6 is 0 Å². The molecule has 2 N–H and O–H groups in total. The number of methoxy groups -OCH3 is 3. The van der Waals surface area contributed by atoms with E-state index in [1.54, 1.807) is 6.07 Å². The van der Waals surface area contributed by atoms with E-state index >= 15 is 0 Å². The molecule has 168 valence electrons. The number of nitrogens with one attached hydrogen (secondary N) is 2. The second-order valence-corrected chi connectivity index (χ2v) is 8.12. The van der Waals surface area contributed by atoms with Gasteiger partial charge in [0.25, 0.3) is 5.91 Å². The van der Waals surface area contributed by atoms with Crippen molar-refractivity contribution >= 4 is 33.3 Å². The van der Waals surface area contributed by atoms with E-state index in [1.165, 1.54) is 58.6 Å². The number of rotatable bonds is 10. The highest BCUT2D eigenvalue weighted by atomic mass is 32.2. The Bertz CT molecular complexity index is 1050. The Morgan fingerprint density at radius 2 is 1.65 bits per heavy atom. The zero-order valence-corrected chi connectivity index (χ0v) is 18.4. The van der Waals surface area contributed by atoms with Gasteiger partial charge in [0.1, 0.15) is 5.75 Å². The van der Waals surface area contributed by atoms with E-state index in [0.717, 1.165) is 0 Å². The van der Waals surface area contributed by atoms with E-state index in [2.05, 4.69) is 14.8 Å². The molecule has 2 aromatic rings. The molecule has 0 saturated carbocycles. The maximum absolute atomic E-state index is 12.6. The second-order valence-electron chi connectivity index (χ2n) is 6.11. The van der Waals surface area contributed by atoms with E-state index in [0.29, 0.717) is 5.69 Å². The van der Waals surface area contributed by atoms with Gasteiger partial charge in [0.05, 0.1) is 32.8 Å². The molecule has 31 heavy (non-hydrogen) atoms. The zero-order chi connectivity index (χ0) is 23.0. The Labute approximate surface area is 180 Å². The zero-order valence-electron chi connectivity index (χ0n) is 17.6. The summed E-state index contributed by atoms with van der Waals surface area (Å²) in [5.41, 5.74) is 0.930. The lowest BCUT2D eigenvalue weighted by molar-refractivity contribution is -0.142. The van der Waals surface area contributed by atoms with Crippen molar-refractivity contribution < 1.29 is 37.0 Å². The van der Waals surface area contributed by atoms with Crippen molar-refractivity contribution in [3.05, 3.63) is 42.0 Å². The molecule has 0 aliphatic rings. The first kappa shape index (κ1) is 23.8. The smallest absolute Gasteiger partial charge is 0.343 e. The van der Waals surface area contributed by atoms with Crippen LogP contribution in [-0.2, 0) is 19.6 Å². The Morgan fingerprint density at radius 3 is 2.26 bits per heavy atom. The van der Waals surface area contributed by atoms with Gasteiger partial charge in [0, 0.05) is 17.3 Å². The minimum absolute atomic E-state index is 0.0875. The lowest BCUT2D eigenvalue weighted by Gasteiger charge is -2.14. The van der Waals surface area contributed by atoms with E-state index < -0.39 is 21.9 Å². The number of anilines is 2. The molecule has 1 amide bonds. The second kappa shape index (κ2) is 10.5. The minimum Gasteiger partial charge on any atom is -0.494 e. The molecule has 0 saturated heterocycles. The van der Waals surface area contributed by atoms with Crippen molar-refractivity contribution in [3.63, 3.8) is 0 Å². The van der Waals surface area contributed by atoms with Gasteiger partial charge in [-0.2, -0.15) is 0 Å². The number of sulfonamides is 1. The van der Waals surface area contributed by atoms with E-state index in [9.17, 15) is 18.0 Å². The average molecular weight is 452 g/mol. The Hall–Kier alpha value is -3.47. The van der Waals surface area contributed by atoms with Crippen molar-refractivity contribution in [1.82, 2.24) is 0 Å². The average Bonchev–Trinajstić information content (AvgIpc) is 2.77. The summed E-state index contributed by atoms with van der Waals surface area (Å²) in [6, 6.07) is 9.00. The number of carbonyl (C=O) groups is 2. The predicted molar refractivity (Wildman–Crippen MR) is 115 cm³/mol. The first-order valence-corrected chi connectivity index (χ1v) is 10.8. The highest BCUT2D eigenvalue weighted by Gasteiger charge is 2.15. The fraction of sp³-hybridized carbons (Fsp3) is 0.300. The van der Waals surface area contributed by atoms with Crippen LogP contribution in [0.5, 0.6) is 17.2 Å². The summed E-state index contributed by atoms with van der Waals surface area (Å²) in [5, 5.41) is 2.70. The highest BCUT2D eigenvalue weighted by molar-refractivity contribution is 7.92. The van der Waals surface area contributed by atoms with Gasteiger partial charge < -0.3 is 24.3 Å². The van der Waals surface area contributed by atoms with Gasteiger partial charge in [-0.05, 0) is 37.3 Å². The van der Waals surface area contributed by atoms with Crippen molar-refractivity contribution in [3.8, 4) is 17.2 Å². The monoisotopic (exact) mass is 452 g/mol. The quantitative estimate of drug-likeness (QED) is 0.525. The van der Waals surface area contributed by atoms with Gasteiger partial charge in [-0.25, -0.2) is 13.2 Å². The van der Waals surface area contributed by atoms with Gasteiger partial charge in [0.2, 0.25) is 10.0 Å². The van der Waals surface area contributed by atoms with Crippen LogP contribution in [0.3, 0.4) is 0 Å². The number of benzene rings is 2. The van der Waals surface area contributed by atoms with Crippen LogP contribution in [0.1, 0.15) is 17.3 Å². The SMILES string of the molecule is CCS(=O)(=O)Nc1ccc(NC(=O)c2ccc(OCC(=O)OC)c(OC)c2)cc1OC. The molecular formula is C20H24N2O8S. The van der Waals surface area contributed by atoms with Gasteiger partial charge >= 0.3 is 5.97 Å². The lowest BCUT2D eigenvalue weighted by atomic mass is 10.1. The van der Waals surface area contributed by atoms with Crippen LogP contribution in [0.2, 0.25) is 0 Å². The van der Waals surface area contributed by atoms with Crippen molar-refractivity contribution in [2.45, 2.75) is 6.92 Å². The van der Waals surface area contributed by atoms with E-state index in [4.69, 9.17) is 14.2 Å². The molecule has 0 bridgehead atoms. The summed E-state index contributed by atoms with van der Waals surface area (Å²) in [4.78, 5) is 23.9. The maximum Gasteiger partial charge on any atom is 0.343 e. The first-order chi connectivity index (χ1) is 14.7. The normalized spacial score (nSPS) is 10.7. The summed E-state index contributed by atoms with van der Waals surface area (Å²) >= 11 is 0. The minimum atomic E-state index is -3.48. The van der Waals surface area contributed by atoms with Crippen molar-refractivity contribution in [2.75, 3.05) is 43.7 Å². The van der Waals surface area contributed by atoms with Crippen LogP contribution in [0.15, 0.2) is 36.4 Å². The number of ether oxygens (including phenoxy) is 4. The fourth-order valence-electron chi connectivity index (χ4n) is 2.42. The predicted octanol–water partition coefficient (Wildman–Crippen LogP) is 2.27. The Morgan fingerprint density at radius 1 is 0.935 bits per heavy atom. The van der Waals surface area contributed by atoms with E-state index in [-0.39, 0.29) is 40.9 Å². The molecule has 0 aliphatic carbocycles. The molecule has 0 aliphatic heterocycles. The molecule has 11 heteroatoms. The molecule has 0 radical (unpaired) electrons. The third-order valence-corrected chi connectivity index (χ3v) is 5.39. The Balaban J connectivity index is 2.18. The van der Waals surface area contributed by atoms with Crippen LogP contribution in [-0.4, -0.2) is 54.0 Å². The van der Waals surface area contributed by atoms with E-state index in [1.807, 2.05) is 0 Å². The summed E-state index contributed by atoms with van der Waals surface area (Å²) < 4.78 is 46.3. The summed E-state index contributed by atoms with van der Waals surface area (Å²) in [6.07, 6.45) is 0. The molecule has 0 spiro atoms. The Kier molecular flexibility index (Phi) is 8.08.